The van der Waals surface area contributed by atoms with Gasteiger partial charge in [0.15, 0.2) is 5.82 Å². The molecule has 4 rings (SSSR count). The van der Waals surface area contributed by atoms with Gasteiger partial charge >= 0.3 is 0 Å². The van der Waals surface area contributed by atoms with E-state index in [0.717, 1.165) is 16.8 Å². The minimum absolute atomic E-state index is 0.508. The molecule has 5 heteroatoms. The number of nitrogens with zero attached hydrogens (tertiary/aromatic N) is 3. The minimum Gasteiger partial charge on any atom is -0.350 e. The molecule has 138 valence electrons. The number of anilines is 3. The molecular formula is C23H21N5. The van der Waals surface area contributed by atoms with Gasteiger partial charge in [0.05, 0.1) is 0 Å². The van der Waals surface area contributed by atoms with Gasteiger partial charge in [-0.2, -0.15) is 15.0 Å². The van der Waals surface area contributed by atoms with E-state index in [4.69, 9.17) is 0 Å². The highest BCUT2D eigenvalue weighted by molar-refractivity contribution is 5.61. The van der Waals surface area contributed by atoms with E-state index in [9.17, 15) is 0 Å². The van der Waals surface area contributed by atoms with Gasteiger partial charge in [-0.25, -0.2) is 0 Å². The Hall–Kier alpha value is -3.73. The summed E-state index contributed by atoms with van der Waals surface area (Å²) in [6.45, 7) is 2.70. The highest BCUT2D eigenvalue weighted by Gasteiger charge is 2.09. The maximum Gasteiger partial charge on any atom is 0.232 e. The number of aryl methyl sites for hydroxylation is 1. The molecule has 0 spiro atoms. The van der Waals surface area contributed by atoms with Crippen molar-refractivity contribution in [2.24, 2.45) is 0 Å². The van der Waals surface area contributed by atoms with Gasteiger partial charge in [0.1, 0.15) is 0 Å². The van der Waals surface area contributed by atoms with Gasteiger partial charge in [-0.05, 0) is 24.6 Å². The van der Waals surface area contributed by atoms with E-state index in [0.29, 0.717) is 24.3 Å². The van der Waals surface area contributed by atoms with Gasteiger partial charge in [0, 0.05) is 17.8 Å². The molecule has 2 N–H and O–H groups in total. The first-order chi connectivity index (χ1) is 13.8. The molecule has 0 radical (unpaired) electrons. The number of rotatable bonds is 6. The van der Waals surface area contributed by atoms with E-state index in [1.165, 1.54) is 5.56 Å². The number of benzene rings is 3. The maximum atomic E-state index is 4.60. The van der Waals surface area contributed by atoms with Crippen LogP contribution >= 0.6 is 0 Å². The van der Waals surface area contributed by atoms with Crippen LogP contribution in [0, 0.1) is 6.92 Å². The zero-order chi connectivity index (χ0) is 19.2. The van der Waals surface area contributed by atoms with Crippen LogP contribution in [-0.4, -0.2) is 15.0 Å². The Morgan fingerprint density at radius 3 is 2.04 bits per heavy atom. The molecule has 0 bridgehead atoms. The first-order valence-corrected chi connectivity index (χ1v) is 9.19. The van der Waals surface area contributed by atoms with Crippen molar-refractivity contribution in [3.05, 3.63) is 96.1 Å². The number of hydrogen-bond acceptors (Lipinski definition) is 5. The molecule has 0 saturated carbocycles. The van der Waals surface area contributed by atoms with Crippen molar-refractivity contribution in [1.29, 1.82) is 0 Å². The van der Waals surface area contributed by atoms with Crippen molar-refractivity contribution in [3.8, 4) is 11.4 Å². The average Bonchev–Trinajstić information content (AvgIpc) is 2.75. The van der Waals surface area contributed by atoms with E-state index < -0.39 is 0 Å². The molecule has 0 saturated heterocycles. The molecule has 4 aromatic rings. The van der Waals surface area contributed by atoms with Crippen molar-refractivity contribution in [3.63, 3.8) is 0 Å². The standard InChI is InChI=1S/C23H21N5/c1-17-12-14-20(15-13-17)25-23-27-21(19-10-6-3-7-11-19)26-22(28-23)24-16-18-8-4-2-5-9-18/h2-15H,16H2,1H3,(H2,24,25,26,27,28). The third kappa shape index (κ3) is 4.51. The van der Waals surface area contributed by atoms with Gasteiger partial charge < -0.3 is 10.6 Å². The van der Waals surface area contributed by atoms with E-state index in [1.54, 1.807) is 0 Å². The highest BCUT2D eigenvalue weighted by atomic mass is 15.2. The molecule has 5 nitrogen and oxygen atoms in total. The Bertz CT molecular complexity index is 1030. The maximum absolute atomic E-state index is 4.60. The van der Waals surface area contributed by atoms with Gasteiger partial charge in [-0.3, -0.25) is 0 Å². The average molecular weight is 367 g/mol. The lowest BCUT2D eigenvalue weighted by atomic mass is 10.2. The molecule has 0 fully saturated rings. The second-order valence-corrected chi connectivity index (χ2v) is 6.50. The lowest BCUT2D eigenvalue weighted by Gasteiger charge is -2.11. The molecule has 0 amide bonds. The molecule has 0 unspecified atom stereocenters. The quantitative estimate of drug-likeness (QED) is 0.490. The van der Waals surface area contributed by atoms with Crippen LogP contribution in [0.25, 0.3) is 11.4 Å². The Morgan fingerprint density at radius 1 is 0.679 bits per heavy atom. The molecule has 1 heterocycles. The number of hydrogen-bond donors (Lipinski definition) is 2. The Labute approximate surface area is 164 Å². The minimum atomic E-state index is 0.508. The fourth-order valence-corrected chi connectivity index (χ4v) is 2.77. The largest absolute Gasteiger partial charge is 0.350 e. The summed E-state index contributed by atoms with van der Waals surface area (Å²) < 4.78 is 0. The molecular weight excluding hydrogens is 346 g/mol. The number of nitrogens with one attached hydrogen (secondary N) is 2. The highest BCUT2D eigenvalue weighted by Crippen LogP contribution is 2.20. The number of aromatic nitrogens is 3. The Morgan fingerprint density at radius 2 is 1.32 bits per heavy atom. The smallest absolute Gasteiger partial charge is 0.232 e. The second kappa shape index (κ2) is 8.31. The van der Waals surface area contributed by atoms with Crippen molar-refractivity contribution in [1.82, 2.24) is 15.0 Å². The summed E-state index contributed by atoms with van der Waals surface area (Å²) in [5, 5.41) is 6.58. The van der Waals surface area contributed by atoms with Crippen LogP contribution < -0.4 is 10.6 Å². The molecule has 3 aromatic carbocycles. The molecule has 0 aliphatic rings. The molecule has 0 aliphatic heterocycles. The van der Waals surface area contributed by atoms with Crippen LogP contribution in [0.3, 0.4) is 0 Å². The summed E-state index contributed by atoms with van der Waals surface area (Å²) in [4.78, 5) is 13.8. The fourth-order valence-electron chi connectivity index (χ4n) is 2.77. The van der Waals surface area contributed by atoms with Crippen molar-refractivity contribution >= 4 is 17.6 Å². The van der Waals surface area contributed by atoms with Gasteiger partial charge in [-0.15, -0.1) is 0 Å². The fraction of sp³-hybridized carbons (Fsp3) is 0.0870. The summed E-state index contributed by atoms with van der Waals surface area (Å²) in [7, 11) is 0. The summed E-state index contributed by atoms with van der Waals surface area (Å²) >= 11 is 0. The summed E-state index contributed by atoms with van der Waals surface area (Å²) in [5.74, 6) is 1.67. The third-order valence-corrected chi connectivity index (χ3v) is 4.27. The van der Waals surface area contributed by atoms with Crippen LogP contribution in [-0.2, 0) is 6.54 Å². The lowest BCUT2D eigenvalue weighted by Crippen LogP contribution is -2.08. The van der Waals surface area contributed by atoms with E-state index in [1.807, 2.05) is 60.7 Å². The van der Waals surface area contributed by atoms with Crippen molar-refractivity contribution in [2.75, 3.05) is 10.6 Å². The second-order valence-electron chi connectivity index (χ2n) is 6.50. The lowest BCUT2D eigenvalue weighted by molar-refractivity contribution is 1.01. The van der Waals surface area contributed by atoms with Crippen LogP contribution in [0.2, 0.25) is 0 Å². The molecule has 1 aromatic heterocycles. The molecule has 28 heavy (non-hydrogen) atoms. The van der Waals surface area contributed by atoms with Gasteiger partial charge in [-0.1, -0.05) is 78.4 Å². The summed E-state index contributed by atoms with van der Waals surface area (Å²) in [6.07, 6.45) is 0. The van der Waals surface area contributed by atoms with E-state index in [-0.39, 0.29) is 0 Å². The Kier molecular flexibility index (Phi) is 5.24. The Balaban J connectivity index is 1.63. The normalized spacial score (nSPS) is 10.5. The predicted octanol–water partition coefficient (Wildman–Crippen LogP) is 5.20. The van der Waals surface area contributed by atoms with E-state index in [2.05, 4.69) is 56.8 Å². The van der Waals surface area contributed by atoms with Crippen LogP contribution in [0.5, 0.6) is 0 Å². The first kappa shape index (κ1) is 17.7. The zero-order valence-corrected chi connectivity index (χ0v) is 15.6. The SMILES string of the molecule is Cc1ccc(Nc2nc(NCc3ccccc3)nc(-c3ccccc3)n2)cc1. The van der Waals surface area contributed by atoms with Crippen LogP contribution in [0.1, 0.15) is 11.1 Å². The first-order valence-electron chi connectivity index (χ1n) is 9.19. The predicted molar refractivity (Wildman–Crippen MR) is 113 cm³/mol. The van der Waals surface area contributed by atoms with Crippen molar-refractivity contribution in [2.45, 2.75) is 13.5 Å². The van der Waals surface area contributed by atoms with Gasteiger partial charge in [0.25, 0.3) is 0 Å². The van der Waals surface area contributed by atoms with Crippen LogP contribution in [0.15, 0.2) is 84.9 Å². The summed E-state index contributed by atoms with van der Waals surface area (Å²) in [5.41, 5.74) is 4.25. The van der Waals surface area contributed by atoms with Gasteiger partial charge in [0.2, 0.25) is 11.9 Å². The molecule has 0 atom stereocenters. The summed E-state index contributed by atoms with van der Waals surface area (Å²) in [6, 6.07) is 28.2. The third-order valence-electron chi connectivity index (χ3n) is 4.27. The molecule has 0 aliphatic carbocycles. The topological polar surface area (TPSA) is 62.7 Å². The monoisotopic (exact) mass is 367 g/mol. The van der Waals surface area contributed by atoms with E-state index >= 15 is 0 Å². The zero-order valence-electron chi connectivity index (χ0n) is 15.6. The van der Waals surface area contributed by atoms with Crippen LogP contribution in [0.4, 0.5) is 17.6 Å². The van der Waals surface area contributed by atoms with Crippen molar-refractivity contribution < 1.29 is 0 Å².